The van der Waals surface area contributed by atoms with Gasteiger partial charge < -0.3 is 74.2 Å². The summed E-state index contributed by atoms with van der Waals surface area (Å²) in [5, 5.41) is 28.2. The summed E-state index contributed by atoms with van der Waals surface area (Å²) in [6.45, 7) is 10.6. The SMILES string of the molecule is CCC[C@H](NC(=O)[C@H](CO)NC(=O)[C@@H](CC(C)C)N(C)C(=O)[C@H](CC(N)=O)NC(=O)CNC(=O)CN(C)C(C)=O)C(=O)N[C@H](C(=O)N[C@@H](CCCN=C(N)N)C(=O)N1CCC[C@H]1C(=O)NCC)[C@@H](C)CC. The van der Waals surface area contributed by atoms with E-state index in [-0.39, 0.29) is 63.1 Å². The van der Waals surface area contributed by atoms with Crippen molar-refractivity contribution in [3.05, 3.63) is 0 Å². The van der Waals surface area contributed by atoms with Gasteiger partial charge in [-0.05, 0) is 57.3 Å². The van der Waals surface area contributed by atoms with Gasteiger partial charge in [0.1, 0.15) is 42.3 Å². The highest BCUT2D eigenvalue weighted by molar-refractivity contribution is 5.99. The zero-order chi connectivity index (χ0) is 54.1. The third-order valence-corrected chi connectivity index (χ3v) is 11.8. The maximum absolute atomic E-state index is 14.1. The summed E-state index contributed by atoms with van der Waals surface area (Å²) < 4.78 is 0. The molecule has 8 atom stereocenters. The Kier molecular flexibility index (Phi) is 27.8. The standard InChI is InChI=1S/C45H80N14O12/c1-10-15-28(38(65)56-37(26(6)11-2)42(69)54-29(16-13-18-50-45(47)48)44(71)59-19-14-17-32(59)40(67)49-12-3)53-39(66)31(24-60)55-41(68)33(20-25(4)5)58(9)43(70)30(21-34(46)62)52-35(63)22-51-36(64)23-57(8)27(7)61/h25-26,28-33,37,60H,10-24H2,1-9H3,(H2,46,62)(H,49,67)(H,51,64)(H,52,63)(H,53,66)(H,54,69)(H,55,68)(H,56,65)(H4,47,48,50)/t26-,28-,29-,30-,31-,32-,33+,37-/m0/s1. The molecule has 0 aromatic carbocycles. The molecule has 0 radical (unpaired) electrons. The van der Waals surface area contributed by atoms with Crippen LogP contribution in [0.5, 0.6) is 0 Å². The topological polar surface area (TPSA) is 392 Å². The minimum atomic E-state index is -1.66. The summed E-state index contributed by atoms with van der Waals surface area (Å²) >= 11 is 0. The van der Waals surface area contributed by atoms with Gasteiger partial charge >= 0.3 is 0 Å². The number of aliphatic hydroxyl groups excluding tert-OH is 1. The average Bonchev–Trinajstić information content (AvgIpc) is 3.80. The highest BCUT2D eigenvalue weighted by Gasteiger charge is 2.40. The van der Waals surface area contributed by atoms with E-state index in [1.54, 1.807) is 41.5 Å². The zero-order valence-electron chi connectivity index (χ0n) is 42.8. The van der Waals surface area contributed by atoms with Crippen molar-refractivity contribution in [3.8, 4) is 0 Å². The Hall–Kier alpha value is -6.60. The fourth-order valence-corrected chi connectivity index (χ4v) is 7.56. The van der Waals surface area contributed by atoms with Crippen LogP contribution in [0.3, 0.4) is 0 Å². The molecule has 402 valence electrons. The van der Waals surface area contributed by atoms with E-state index in [1.807, 2.05) is 0 Å². The Labute approximate surface area is 415 Å². The molecule has 11 amide bonds. The van der Waals surface area contributed by atoms with Crippen LogP contribution in [-0.4, -0.2) is 186 Å². The van der Waals surface area contributed by atoms with Crippen LogP contribution >= 0.6 is 0 Å². The maximum Gasteiger partial charge on any atom is 0.246 e. The number of nitrogens with zero attached hydrogens (tertiary/aromatic N) is 4. The Morgan fingerprint density at radius 2 is 1.38 bits per heavy atom. The number of guanidine groups is 1. The van der Waals surface area contributed by atoms with Gasteiger partial charge in [-0.1, -0.05) is 47.5 Å². The number of hydrogen-bond donors (Lipinski definition) is 11. The van der Waals surface area contributed by atoms with Gasteiger partial charge in [0.05, 0.1) is 26.1 Å². The number of likely N-dealkylation sites (N-methyl/N-ethyl adjacent to an activating group) is 3. The second-order valence-corrected chi connectivity index (χ2v) is 18.1. The van der Waals surface area contributed by atoms with Gasteiger partial charge in [-0.3, -0.25) is 57.7 Å². The van der Waals surface area contributed by atoms with Gasteiger partial charge in [0.2, 0.25) is 65.0 Å². The zero-order valence-corrected chi connectivity index (χ0v) is 42.8. The molecule has 1 saturated heterocycles. The largest absolute Gasteiger partial charge is 0.394 e. The second kappa shape index (κ2) is 31.6. The van der Waals surface area contributed by atoms with Gasteiger partial charge in [-0.25, -0.2) is 0 Å². The molecule has 1 aliphatic rings. The van der Waals surface area contributed by atoms with Gasteiger partial charge in [0.25, 0.3) is 0 Å². The molecular weight excluding hydrogens is 929 g/mol. The number of aliphatic imine (C=N–C) groups is 1. The quantitative estimate of drug-likeness (QED) is 0.0178. The monoisotopic (exact) mass is 1010 g/mol. The lowest BCUT2D eigenvalue weighted by Crippen LogP contribution is -2.61. The number of carbonyl (C=O) groups is 11. The summed E-state index contributed by atoms with van der Waals surface area (Å²) in [6, 6.07) is -8.94. The number of aliphatic hydroxyl groups is 1. The molecule has 0 saturated carbocycles. The highest BCUT2D eigenvalue weighted by Crippen LogP contribution is 2.21. The number of hydrogen-bond acceptors (Lipinski definition) is 13. The van der Waals surface area contributed by atoms with Crippen molar-refractivity contribution >= 4 is 70.9 Å². The van der Waals surface area contributed by atoms with Crippen molar-refractivity contribution in [1.29, 1.82) is 0 Å². The lowest BCUT2D eigenvalue weighted by molar-refractivity contribution is -0.144. The van der Waals surface area contributed by atoms with Crippen molar-refractivity contribution in [2.45, 2.75) is 149 Å². The van der Waals surface area contributed by atoms with E-state index in [1.165, 1.54) is 25.9 Å². The Morgan fingerprint density at radius 1 is 0.761 bits per heavy atom. The third kappa shape index (κ3) is 21.5. The smallest absolute Gasteiger partial charge is 0.246 e. The Bertz CT molecular complexity index is 1900. The number of rotatable bonds is 31. The van der Waals surface area contributed by atoms with Crippen LogP contribution in [-0.2, 0) is 52.7 Å². The second-order valence-electron chi connectivity index (χ2n) is 18.1. The number of carbonyl (C=O) groups excluding carboxylic acids is 11. The van der Waals surface area contributed by atoms with E-state index in [0.29, 0.717) is 32.2 Å². The first-order valence-corrected chi connectivity index (χ1v) is 24.1. The van der Waals surface area contributed by atoms with Crippen molar-refractivity contribution in [2.75, 3.05) is 53.4 Å². The molecule has 0 aromatic heterocycles. The minimum absolute atomic E-state index is 0.000256. The molecule has 0 aliphatic carbocycles. The summed E-state index contributed by atoms with van der Waals surface area (Å²) in [5.74, 6) is -8.92. The summed E-state index contributed by atoms with van der Waals surface area (Å²) in [4.78, 5) is 153. The highest BCUT2D eigenvalue weighted by atomic mass is 16.3. The summed E-state index contributed by atoms with van der Waals surface area (Å²) in [7, 11) is 2.61. The predicted octanol–water partition coefficient (Wildman–Crippen LogP) is -4.23. The Morgan fingerprint density at radius 3 is 1.93 bits per heavy atom. The van der Waals surface area contributed by atoms with Crippen molar-refractivity contribution < 1.29 is 57.8 Å². The molecule has 1 heterocycles. The molecule has 26 nitrogen and oxygen atoms in total. The number of primary amides is 1. The molecule has 0 bridgehead atoms. The van der Waals surface area contributed by atoms with E-state index >= 15 is 0 Å². The van der Waals surface area contributed by atoms with E-state index < -0.39 is 127 Å². The van der Waals surface area contributed by atoms with Gasteiger partial charge in [0.15, 0.2) is 5.96 Å². The number of nitrogens with one attached hydrogen (secondary N) is 7. The summed E-state index contributed by atoms with van der Waals surface area (Å²) in [5.41, 5.74) is 16.4. The molecule has 1 fully saturated rings. The predicted molar refractivity (Wildman–Crippen MR) is 261 cm³/mol. The summed E-state index contributed by atoms with van der Waals surface area (Å²) in [6.07, 6.45) is 1.52. The average molecular weight is 1010 g/mol. The van der Waals surface area contributed by atoms with Gasteiger partial charge in [0, 0.05) is 40.7 Å². The normalized spacial score (nSPS) is 16.0. The molecule has 1 rings (SSSR count). The molecule has 0 unspecified atom stereocenters. The number of amides is 11. The van der Waals surface area contributed by atoms with Gasteiger partial charge in [-0.15, -0.1) is 0 Å². The molecule has 71 heavy (non-hydrogen) atoms. The molecule has 1 aliphatic heterocycles. The fourth-order valence-electron chi connectivity index (χ4n) is 7.56. The first-order valence-electron chi connectivity index (χ1n) is 24.1. The van der Waals surface area contributed by atoms with E-state index in [4.69, 9.17) is 17.2 Å². The van der Waals surface area contributed by atoms with Crippen molar-refractivity contribution in [3.63, 3.8) is 0 Å². The Balaban J connectivity index is 3.32. The lowest BCUT2D eigenvalue weighted by atomic mass is 9.96. The van der Waals surface area contributed by atoms with E-state index in [2.05, 4.69) is 42.2 Å². The number of likely N-dealkylation sites (tertiary alicyclic amines) is 1. The van der Waals surface area contributed by atoms with Crippen LogP contribution in [0.1, 0.15) is 106 Å². The lowest BCUT2D eigenvalue weighted by Gasteiger charge is -2.33. The molecule has 0 aromatic rings. The van der Waals surface area contributed by atoms with Crippen molar-refractivity contribution in [1.82, 2.24) is 51.9 Å². The van der Waals surface area contributed by atoms with Crippen LogP contribution in [0.2, 0.25) is 0 Å². The van der Waals surface area contributed by atoms with Crippen LogP contribution in [0, 0.1) is 11.8 Å². The molecule has 26 heteroatoms. The first-order chi connectivity index (χ1) is 33.3. The fraction of sp³-hybridized carbons (Fsp3) is 0.733. The molecule has 14 N–H and O–H groups in total. The van der Waals surface area contributed by atoms with Gasteiger partial charge in [-0.2, -0.15) is 0 Å². The maximum atomic E-state index is 14.1. The van der Waals surface area contributed by atoms with Crippen LogP contribution in [0.15, 0.2) is 4.99 Å². The molecule has 0 spiro atoms. The van der Waals surface area contributed by atoms with Crippen LogP contribution < -0.4 is 54.4 Å². The first kappa shape index (κ1) is 62.4. The van der Waals surface area contributed by atoms with Crippen LogP contribution in [0.4, 0.5) is 0 Å². The minimum Gasteiger partial charge on any atom is -0.394 e. The van der Waals surface area contributed by atoms with E-state index in [9.17, 15) is 57.8 Å². The van der Waals surface area contributed by atoms with Crippen LogP contribution in [0.25, 0.3) is 0 Å². The molecular formula is C45H80N14O12. The van der Waals surface area contributed by atoms with E-state index in [0.717, 1.165) is 9.80 Å². The number of nitrogens with two attached hydrogens (primary N) is 3. The van der Waals surface area contributed by atoms with Crippen molar-refractivity contribution in [2.24, 2.45) is 34.0 Å². The third-order valence-electron chi connectivity index (χ3n) is 11.8.